The standard InChI is InChI=1S/C19H17N5OS/c25-17(20-11-10-18-23-21-13-26-18)12-24-16-9-5-4-8-15(16)22-19(24)14-6-2-1-3-7-14/h1-9,13H,10-12H2,(H,20,25). The molecule has 0 atom stereocenters. The average Bonchev–Trinajstić information content (AvgIpc) is 3.31. The molecular formula is C19H17N5OS. The smallest absolute Gasteiger partial charge is 0.240 e. The Labute approximate surface area is 154 Å². The maximum absolute atomic E-state index is 12.5. The third-order valence-electron chi connectivity index (χ3n) is 4.05. The molecular weight excluding hydrogens is 346 g/mol. The van der Waals surface area contributed by atoms with Crippen LogP contribution < -0.4 is 5.32 Å². The Morgan fingerprint density at radius 3 is 2.69 bits per heavy atom. The topological polar surface area (TPSA) is 72.7 Å². The molecule has 0 fully saturated rings. The minimum absolute atomic E-state index is 0.0464. The zero-order chi connectivity index (χ0) is 17.8. The summed E-state index contributed by atoms with van der Waals surface area (Å²) in [4.78, 5) is 17.2. The summed E-state index contributed by atoms with van der Waals surface area (Å²) in [5, 5.41) is 11.7. The van der Waals surface area contributed by atoms with Crippen LogP contribution in [0.25, 0.3) is 22.4 Å². The van der Waals surface area contributed by atoms with E-state index in [1.54, 1.807) is 5.51 Å². The maximum Gasteiger partial charge on any atom is 0.240 e. The van der Waals surface area contributed by atoms with E-state index in [9.17, 15) is 4.79 Å². The maximum atomic E-state index is 12.5. The highest BCUT2D eigenvalue weighted by atomic mass is 32.1. The fourth-order valence-electron chi connectivity index (χ4n) is 2.86. The Kier molecular flexibility index (Phi) is 4.70. The first-order valence-corrected chi connectivity index (χ1v) is 9.21. The van der Waals surface area contributed by atoms with E-state index >= 15 is 0 Å². The largest absolute Gasteiger partial charge is 0.354 e. The van der Waals surface area contributed by atoms with Crippen LogP contribution in [0.3, 0.4) is 0 Å². The summed E-state index contributed by atoms with van der Waals surface area (Å²) in [6, 6.07) is 17.8. The number of hydrogen-bond donors (Lipinski definition) is 1. The molecule has 0 radical (unpaired) electrons. The van der Waals surface area contributed by atoms with Crippen molar-refractivity contribution in [3.63, 3.8) is 0 Å². The lowest BCUT2D eigenvalue weighted by atomic mass is 10.2. The van der Waals surface area contributed by atoms with Gasteiger partial charge in [0.1, 0.15) is 22.9 Å². The van der Waals surface area contributed by atoms with Gasteiger partial charge >= 0.3 is 0 Å². The summed E-state index contributed by atoms with van der Waals surface area (Å²) in [5.74, 6) is 0.751. The lowest BCUT2D eigenvalue weighted by Crippen LogP contribution is -2.29. The fourth-order valence-corrected chi connectivity index (χ4v) is 3.39. The van der Waals surface area contributed by atoms with Crippen LogP contribution >= 0.6 is 11.3 Å². The number of rotatable bonds is 6. The van der Waals surface area contributed by atoms with Gasteiger partial charge in [0.15, 0.2) is 0 Å². The van der Waals surface area contributed by atoms with Gasteiger partial charge in [-0.25, -0.2) is 4.98 Å². The van der Waals surface area contributed by atoms with Gasteiger partial charge < -0.3 is 9.88 Å². The molecule has 7 heteroatoms. The summed E-state index contributed by atoms with van der Waals surface area (Å²) < 4.78 is 1.96. The Hall–Kier alpha value is -3.06. The van der Waals surface area contributed by atoms with Crippen molar-refractivity contribution in [3.05, 3.63) is 65.1 Å². The molecule has 0 aliphatic heterocycles. The summed E-state index contributed by atoms with van der Waals surface area (Å²) in [6.45, 7) is 0.766. The highest BCUT2D eigenvalue weighted by Crippen LogP contribution is 2.24. The van der Waals surface area contributed by atoms with Crippen molar-refractivity contribution >= 4 is 28.3 Å². The second-order valence-corrected chi connectivity index (χ2v) is 6.73. The van der Waals surface area contributed by atoms with Crippen LogP contribution in [-0.2, 0) is 17.8 Å². The van der Waals surface area contributed by atoms with Crippen LogP contribution in [0.2, 0.25) is 0 Å². The van der Waals surface area contributed by atoms with Crippen molar-refractivity contribution in [3.8, 4) is 11.4 Å². The minimum Gasteiger partial charge on any atom is -0.354 e. The number of amides is 1. The number of para-hydroxylation sites is 2. The van der Waals surface area contributed by atoms with Crippen LogP contribution in [0, 0.1) is 0 Å². The molecule has 2 aromatic carbocycles. The SMILES string of the molecule is O=C(Cn1c(-c2ccccc2)nc2ccccc21)NCCc1nncs1. The zero-order valence-electron chi connectivity index (χ0n) is 14.0. The molecule has 130 valence electrons. The Morgan fingerprint density at radius 2 is 1.88 bits per heavy atom. The molecule has 4 aromatic rings. The van der Waals surface area contributed by atoms with Gasteiger partial charge in [0.2, 0.25) is 5.91 Å². The van der Waals surface area contributed by atoms with E-state index in [1.165, 1.54) is 11.3 Å². The number of hydrogen-bond acceptors (Lipinski definition) is 5. The number of carbonyl (C=O) groups excluding carboxylic acids is 1. The molecule has 2 heterocycles. The minimum atomic E-state index is -0.0464. The van der Waals surface area contributed by atoms with Gasteiger partial charge in [-0.2, -0.15) is 0 Å². The Balaban J connectivity index is 1.55. The lowest BCUT2D eigenvalue weighted by Gasteiger charge is -2.10. The van der Waals surface area contributed by atoms with E-state index in [4.69, 9.17) is 4.98 Å². The molecule has 0 bridgehead atoms. The van der Waals surface area contributed by atoms with Crippen molar-refractivity contribution < 1.29 is 4.79 Å². The summed E-state index contributed by atoms with van der Waals surface area (Å²) in [7, 11) is 0. The number of carbonyl (C=O) groups is 1. The predicted octanol–water partition coefficient (Wildman–Crippen LogP) is 2.91. The molecule has 2 aromatic heterocycles. The highest BCUT2D eigenvalue weighted by Gasteiger charge is 2.14. The molecule has 0 saturated carbocycles. The number of nitrogens with zero attached hydrogens (tertiary/aromatic N) is 4. The van der Waals surface area contributed by atoms with E-state index in [1.807, 2.05) is 59.2 Å². The molecule has 0 saturated heterocycles. The highest BCUT2D eigenvalue weighted by molar-refractivity contribution is 7.09. The second-order valence-electron chi connectivity index (χ2n) is 5.81. The molecule has 26 heavy (non-hydrogen) atoms. The van der Waals surface area contributed by atoms with Crippen LogP contribution in [0.5, 0.6) is 0 Å². The quantitative estimate of drug-likeness (QED) is 0.572. The van der Waals surface area contributed by atoms with Crippen molar-refractivity contribution in [1.82, 2.24) is 25.1 Å². The van der Waals surface area contributed by atoms with Crippen molar-refractivity contribution in [1.29, 1.82) is 0 Å². The van der Waals surface area contributed by atoms with E-state index in [-0.39, 0.29) is 12.5 Å². The number of aromatic nitrogens is 4. The monoisotopic (exact) mass is 363 g/mol. The van der Waals surface area contributed by atoms with E-state index in [0.29, 0.717) is 13.0 Å². The van der Waals surface area contributed by atoms with E-state index < -0.39 is 0 Å². The molecule has 1 N–H and O–H groups in total. The third kappa shape index (κ3) is 3.48. The molecule has 0 aliphatic rings. The van der Waals surface area contributed by atoms with Crippen molar-refractivity contribution in [2.24, 2.45) is 0 Å². The zero-order valence-corrected chi connectivity index (χ0v) is 14.8. The summed E-state index contributed by atoms with van der Waals surface area (Å²) in [5.41, 5.74) is 4.52. The molecule has 0 spiro atoms. The molecule has 0 aliphatic carbocycles. The number of benzene rings is 2. The van der Waals surface area contributed by atoms with Gasteiger partial charge in [-0.05, 0) is 12.1 Å². The first kappa shape index (κ1) is 16.4. The molecule has 1 amide bonds. The number of imidazole rings is 1. The fraction of sp³-hybridized carbons (Fsp3) is 0.158. The number of nitrogens with one attached hydrogen (secondary N) is 1. The van der Waals surface area contributed by atoms with Crippen LogP contribution in [-0.4, -0.2) is 32.2 Å². The van der Waals surface area contributed by atoms with E-state index in [2.05, 4.69) is 15.5 Å². The predicted molar refractivity (Wildman–Crippen MR) is 102 cm³/mol. The Bertz CT molecular complexity index is 1010. The van der Waals surface area contributed by atoms with Gasteiger partial charge in [0, 0.05) is 18.5 Å². The first-order chi connectivity index (χ1) is 12.8. The van der Waals surface area contributed by atoms with Gasteiger partial charge in [0.25, 0.3) is 0 Å². The molecule has 6 nitrogen and oxygen atoms in total. The van der Waals surface area contributed by atoms with Gasteiger partial charge in [-0.3, -0.25) is 4.79 Å². The molecule has 0 unspecified atom stereocenters. The van der Waals surface area contributed by atoms with Crippen molar-refractivity contribution in [2.75, 3.05) is 6.54 Å². The van der Waals surface area contributed by atoms with E-state index in [0.717, 1.165) is 27.4 Å². The average molecular weight is 363 g/mol. The first-order valence-electron chi connectivity index (χ1n) is 8.34. The second kappa shape index (κ2) is 7.45. The van der Waals surface area contributed by atoms with Gasteiger partial charge in [-0.1, -0.05) is 42.5 Å². The summed E-state index contributed by atoms with van der Waals surface area (Å²) in [6.07, 6.45) is 0.687. The van der Waals surface area contributed by atoms with Gasteiger partial charge in [-0.15, -0.1) is 21.5 Å². The number of fused-ring (bicyclic) bond motifs is 1. The lowest BCUT2D eigenvalue weighted by molar-refractivity contribution is -0.121. The van der Waals surface area contributed by atoms with Gasteiger partial charge in [0.05, 0.1) is 11.0 Å². The van der Waals surface area contributed by atoms with Crippen molar-refractivity contribution in [2.45, 2.75) is 13.0 Å². The van der Waals surface area contributed by atoms with Crippen LogP contribution in [0.4, 0.5) is 0 Å². The third-order valence-corrected chi connectivity index (χ3v) is 4.81. The Morgan fingerprint density at radius 1 is 1.08 bits per heavy atom. The van der Waals surface area contributed by atoms with Crippen LogP contribution in [0.1, 0.15) is 5.01 Å². The molecule has 4 rings (SSSR count). The van der Waals surface area contributed by atoms with Crippen LogP contribution in [0.15, 0.2) is 60.1 Å². The normalized spacial score (nSPS) is 10.9. The summed E-state index contributed by atoms with van der Waals surface area (Å²) >= 11 is 1.49.